The average molecular weight is 520 g/mol. The zero-order chi connectivity index (χ0) is 27.6. The molecule has 1 N–H and O–H groups in total. The molecule has 0 saturated heterocycles. The summed E-state index contributed by atoms with van der Waals surface area (Å²) in [5.74, 6) is -0.916. The van der Waals surface area contributed by atoms with Gasteiger partial charge in [-0.05, 0) is 23.1 Å². The minimum atomic E-state index is -1.24. The topological polar surface area (TPSA) is 70.8 Å². The van der Waals surface area contributed by atoms with E-state index in [1.54, 1.807) is 7.05 Å². The van der Waals surface area contributed by atoms with Crippen LogP contribution in [0.1, 0.15) is 42.2 Å². The number of amides is 1. The number of rotatable bonds is 8. The number of para-hydroxylation sites is 1. The molecule has 1 unspecified atom stereocenters. The maximum absolute atomic E-state index is 14.6. The number of nitrogens with zero attached hydrogens (tertiary/aromatic N) is 1. The Kier molecular flexibility index (Phi) is 7.25. The number of likely N-dealkylation sites (N-methyl/N-ethyl adjacent to an activating group) is 1. The van der Waals surface area contributed by atoms with E-state index in [-0.39, 0.29) is 17.7 Å². The minimum absolute atomic E-state index is 0.00598. The molecule has 3 aromatic carbocycles. The van der Waals surface area contributed by atoms with Crippen molar-refractivity contribution in [2.75, 3.05) is 7.05 Å². The highest BCUT2D eigenvalue weighted by atomic mass is 16.4. The van der Waals surface area contributed by atoms with Crippen molar-refractivity contribution in [3.05, 3.63) is 132 Å². The highest BCUT2D eigenvalue weighted by molar-refractivity contribution is 6.00. The van der Waals surface area contributed by atoms with Gasteiger partial charge in [0.05, 0.1) is 0 Å². The normalized spacial score (nSPS) is 19.3. The van der Waals surface area contributed by atoms with Crippen molar-refractivity contribution >= 4 is 22.8 Å². The Morgan fingerprint density at radius 2 is 1.49 bits per heavy atom. The van der Waals surface area contributed by atoms with Crippen LogP contribution in [0.4, 0.5) is 0 Å². The van der Waals surface area contributed by atoms with Crippen molar-refractivity contribution in [1.82, 2.24) is 4.90 Å². The molecule has 0 saturated carbocycles. The number of hydrogen-bond acceptors (Lipinski definition) is 3. The van der Waals surface area contributed by atoms with E-state index in [9.17, 15) is 14.7 Å². The zero-order valence-corrected chi connectivity index (χ0v) is 22.5. The molecule has 1 aliphatic rings. The molecule has 5 heteroatoms. The minimum Gasteiger partial charge on any atom is -0.480 e. The van der Waals surface area contributed by atoms with Crippen LogP contribution in [0.5, 0.6) is 0 Å². The Bertz CT molecular complexity index is 1520. The molecule has 39 heavy (non-hydrogen) atoms. The van der Waals surface area contributed by atoms with E-state index < -0.39 is 17.4 Å². The first-order valence-electron chi connectivity index (χ1n) is 13.3. The number of carbonyl (C=O) groups excluding carboxylic acids is 1. The second kappa shape index (κ2) is 10.8. The lowest BCUT2D eigenvalue weighted by Gasteiger charge is -2.37. The molecule has 198 valence electrons. The molecule has 0 fully saturated rings. The van der Waals surface area contributed by atoms with Gasteiger partial charge in [-0.1, -0.05) is 117 Å². The largest absolute Gasteiger partial charge is 0.480 e. The van der Waals surface area contributed by atoms with Crippen LogP contribution >= 0.6 is 0 Å². The summed E-state index contributed by atoms with van der Waals surface area (Å²) in [6.07, 6.45) is 8.46. The average Bonchev–Trinajstić information content (AvgIpc) is 3.31. The molecule has 1 heterocycles. The van der Waals surface area contributed by atoms with Gasteiger partial charge in [0.15, 0.2) is 0 Å². The summed E-state index contributed by atoms with van der Waals surface area (Å²) in [5, 5.41) is 10.9. The molecule has 0 bridgehead atoms. The first-order valence-corrected chi connectivity index (χ1v) is 13.3. The van der Waals surface area contributed by atoms with Gasteiger partial charge in [0.25, 0.3) is 0 Å². The van der Waals surface area contributed by atoms with Crippen molar-refractivity contribution < 1.29 is 19.1 Å². The lowest BCUT2D eigenvalue weighted by Crippen LogP contribution is -2.52. The maximum Gasteiger partial charge on any atom is 0.326 e. The predicted molar refractivity (Wildman–Crippen MR) is 154 cm³/mol. The summed E-state index contributed by atoms with van der Waals surface area (Å²) in [6, 6.07) is 26.9. The molecule has 0 aliphatic heterocycles. The van der Waals surface area contributed by atoms with E-state index in [0.29, 0.717) is 17.8 Å². The molecular formula is C34H33NO4. The third-order valence-electron chi connectivity index (χ3n) is 7.58. The maximum atomic E-state index is 14.6. The molecule has 1 aromatic heterocycles. The van der Waals surface area contributed by atoms with Crippen molar-refractivity contribution in [2.45, 2.75) is 37.6 Å². The Morgan fingerprint density at radius 3 is 2.10 bits per heavy atom. The van der Waals surface area contributed by atoms with Gasteiger partial charge in [-0.2, -0.15) is 0 Å². The first kappa shape index (κ1) is 26.2. The lowest BCUT2D eigenvalue weighted by atomic mass is 9.72. The van der Waals surface area contributed by atoms with Gasteiger partial charge in [0, 0.05) is 30.3 Å². The fourth-order valence-corrected chi connectivity index (χ4v) is 5.72. The summed E-state index contributed by atoms with van der Waals surface area (Å²) in [5.41, 5.74) is 2.39. The Labute approximate surface area is 229 Å². The number of furan rings is 1. The molecule has 0 radical (unpaired) electrons. The Hall–Kier alpha value is -4.38. The number of allylic oxidation sites excluding steroid dienone is 2. The molecule has 5 rings (SSSR count). The lowest BCUT2D eigenvalue weighted by molar-refractivity contribution is -0.152. The quantitative estimate of drug-likeness (QED) is 0.262. The van der Waals surface area contributed by atoms with Gasteiger partial charge in [-0.15, -0.1) is 0 Å². The summed E-state index contributed by atoms with van der Waals surface area (Å²) >= 11 is 0. The molecule has 5 nitrogen and oxygen atoms in total. The van der Waals surface area contributed by atoms with E-state index in [2.05, 4.69) is 12.1 Å². The van der Waals surface area contributed by atoms with Gasteiger partial charge in [-0.25, -0.2) is 4.79 Å². The van der Waals surface area contributed by atoms with Crippen LogP contribution in [0.15, 0.2) is 114 Å². The van der Waals surface area contributed by atoms with Crippen molar-refractivity contribution in [3.63, 3.8) is 0 Å². The standard InChI is InChI=1S/C34H33NO4/c1-23(2)31(32(36)37)35(3)33(38)34(20-18-26(19-21-34)25-14-8-5-9-15-25)30-27-16-10-11-17-28(27)39-29(30)22-24-12-6-4-7-13-24/h4-21,23,26,31H,22H2,1-3H3,(H,36,37). The van der Waals surface area contributed by atoms with E-state index in [1.807, 2.05) is 111 Å². The fourth-order valence-electron chi connectivity index (χ4n) is 5.72. The first-order chi connectivity index (χ1) is 18.8. The van der Waals surface area contributed by atoms with Gasteiger partial charge in [0.1, 0.15) is 22.8 Å². The number of carboxylic acid groups (broad SMARTS) is 1. The SMILES string of the molecule is CC(C)C(C(=O)O)N(C)C(=O)C1(c2c(Cc3ccccc3)oc3ccccc23)C=CC(c2ccccc2)C=C1. The summed E-state index contributed by atoms with van der Waals surface area (Å²) < 4.78 is 6.42. The monoisotopic (exact) mass is 519 g/mol. The number of aliphatic carboxylic acids is 1. The molecule has 0 spiro atoms. The van der Waals surface area contributed by atoms with E-state index in [1.165, 1.54) is 4.90 Å². The Morgan fingerprint density at radius 1 is 0.897 bits per heavy atom. The van der Waals surface area contributed by atoms with E-state index >= 15 is 0 Å². The third-order valence-corrected chi connectivity index (χ3v) is 7.58. The van der Waals surface area contributed by atoms with Crippen LogP contribution in [-0.2, 0) is 21.4 Å². The summed E-state index contributed by atoms with van der Waals surface area (Å²) in [4.78, 5) is 28.2. The number of carboxylic acids is 1. The van der Waals surface area contributed by atoms with Crippen LogP contribution in [0.3, 0.4) is 0 Å². The molecule has 1 aliphatic carbocycles. The molecular weight excluding hydrogens is 486 g/mol. The predicted octanol–water partition coefficient (Wildman–Crippen LogP) is 6.74. The molecule has 4 aromatic rings. The van der Waals surface area contributed by atoms with Gasteiger partial charge in [0.2, 0.25) is 5.91 Å². The number of fused-ring (bicyclic) bond motifs is 1. The van der Waals surface area contributed by atoms with Crippen LogP contribution in [0, 0.1) is 5.92 Å². The number of carbonyl (C=O) groups is 2. The number of hydrogen-bond donors (Lipinski definition) is 1. The van der Waals surface area contributed by atoms with Crippen LogP contribution in [0.2, 0.25) is 0 Å². The summed E-state index contributed by atoms with van der Waals surface area (Å²) in [7, 11) is 1.59. The van der Waals surface area contributed by atoms with E-state index in [0.717, 1.165) is 22.1 Å². The van der Waals surface area contributed by atoms with E-state index in [4.69, 9.17) is 4.42 Å². The number of benzene rings is 3. The van der Waals surface area contributed by atoms with Crippen LogP contribution in [-0.4, -0.2) is 35.0 Å². The van der Waals surface area contributed by atoms with Crippen molar-refractivity contribution in [2.24, 2.45) is 5.92 Å². The second-order valence-corrected chi connectivity index (χ2v) is 10.5. The van der Waals surface area contributed by atoms with Crippen LogP contribution in [0.25, 0.3) is 11.0 Å². The van der Waals surface area contributed by atoms with Crippen molar-refractivity contribution in [1.29, 1.82) is 0 Å². The molecule has 1 atom stereocenters. The fraction of sp³-hybridized carbons (Fsp3) is 0.235. The second-order valence-electron chi connectivity index (χ2n) is 10.5. The van der Waals surface area contributed by atoms with Gasteiger partial charge in [-0.3, -0.25) is 4.79 Å². The van der Waals surface area contributed by atoms with Crippen LogP contribution < -0.4 is 0 Å². The smallest absolute Gasteiger partial charge is 0.326 e. The van der Waals surface area contributed by atoms with Gasteiger partial charge >= 0.3 is 5.97 Å². The summed E-state index contributed by atoms with van der Waals surface area (Å²) in [6.45, 7) is 3.64. The highest BCUT2D eigenvalue weighted by Gasteiger charge is 2.46. The third kappa shape index (κ3) is 4.92. The zero-order valence-electron chi connectivity index (χ0n) is 22.5. The Balaban J connectivity index is 1.70. The van der Waals surface area contributed by atoms with Crippen molar-refractivity contribution in [3.8, 4) is 0 Å². The highest BCUT2D eigenvalue weighted by Crippen LogP contribution is 2.44. The molecule has 1 amide bonds. The van der Waals surface area contributed by atoms with Gasteiger partial charge < -0.3 is 14.4 Å².